The molecule has 0 saturated carbocycles. The largest absolute Gasteiger partial charge is 0.372 e. The number of carbonyl (C=O) groups excluding carboxylic acids is 1. The molecule has 1 aliphatic rings. The SMILES string of the molecule is C[C@@H]1CN(C(=O)Cn2cnc3sc(-c4ccccc4)cc3c2=O)C[C@@H](C)O1. The lowest BCUT2D eigenvalue weighted by Gasteiger charge is -2.35. The van der Waals surface area contributed by atoms with Crippen LogP contribution in [0.5, 0.6) is 0 Å². The number of fused-ring (bicyclic) bond motifs is 1. The fourth-order valence-electron chi connectivity index (χ4n) is 3.44. The van der Waals surface area contributed by atoms with Gasteiger partial charge in [0.25, 0.3) is 5.56 Å². The van der Waals surface area contributed by atoms with E-state index in [1.54, 1.807) is 4.90 Å². The van der Waals surface area contributed by atoms with E-state index in [1.165, 1.54) is 22.2 Å². The van der Waals surface area contributed by atoms with Crippen molar-refractivity contribution in [3.05, 3.63) is 53.1 Å². The molecule has 140 valence electrons. The Morgan fingerprint density at radius 1 is 1.22 bits per heavy atom. The monoisotopic (exact) mass is 383 g/mol. The molecule has 3 heterocycles. The van der Waals surface area contributed by atoms with Gasteiger partial charge >= 0.3 is 0 Å². The lowest BCUT2D eigenvalue weighted by Crippen LogP contribution is -2.49. The number of nitrogens with zero attached hydrogens (tertiary/aromatic N) is 3. The van der Waals surface area contributed by atoms with Crippen LogP contribution in [0.4, 0.5) is 0 Å². The molecular weight excluding hydrogens is 362 g/mol. The molecular formula is C20H21N3O3S. The predicted molar refractivity (Wildman–Crippen MR) is 106 cm³/mol. The summed E-state index contributed by atoms with van der Waals surface area (Å²) in [7, 11) is 0. The lowest BCUT2D eigenvalue weighted by atomic mass is 10.2. The highest BCUT2D eigenvalue weighted by atomic mass is 32.1. The van der Waals surface area contributed by atoms with Gasteiger partial charge in [-0.3, -0.25) is 14.2 Å². The molecule has 0 spiro atoms. The molecule has 2 aromatic heterocycles. The fourth-order valence-corrected chi connectivity index (χ4v) is 4.44. The van der Waals surface area contributed by atoms with E-state index < -0.39 is 0 Å². The van der Waals surface area contributed by atoms with Crippen LogP contribution >= 0.6 is 11.3 Å². The first-order chi connectivity index (χ1) is 13.0. The Hall–Kier alpha value is -2.51. The van der Waals surface area contributed by atoms with Crippen molar-refractivity contribution in [1.82, 2.24) is 14.5 Å². The van der Waals surface area contributed by atoms with Crippen LogP contribution in [0.3, 0.4) is 0 Å². The summed E-state index contributed by atoms with van der Waals surface area (Å²) in [4.78, 5) is 33.4. The molecule has 6 nitrogen and oxygen atoms in total. The number of hydrogen-bond acceptors (Lipinski definition) is 5. The summed E-state index contributed by atoms with van der Waals surface area (Å²) < 4.78 is 7.07. The molecule has 0 aliphatic carbocycles. The highest BCUT2D eigenvalue weighted by molar-refractivity contribution is 7.21. The zero-order chi connectivity index (χ0) is 19.0. The van der Waals surface area contributed by atoms with E-state index in [-0.39, 0.29) is 30.2 Å². The van der Waals surface area contributed by atoms with Crippen molar-refractivity contribution in [3.8, 4) is 10.4 Å². The molecule has 7 heteroatoms. The molecule has 1 aliphatic heterocycles. The number of benzene rings is 1. The third kappa shape index (κ3) is 3.65. The first-order valence-electron chi connectivity index (χ1n) is 8.99. The summed E-state index contributed by atoms with van der Waals surface area (Å²) in [5, 5.41) is 0.554. The van der Waals surface area contributed by atoms with E-state index in [0.717, 1.165) is 10.4 Å². The van der Waals surface area contributed by atoms with E-state index in [2.05, 4.69) is 4.98 Å². The molecule has 3 aromatic rings. The van der Waals surface area contributed by atoms with Gasteiger partial charge in [-0.15, -0.1) is 11.3 Å². The molecule has 1 aromatic carbocycles. The zero-order valence-electron chi connectivity index (χ0n) is 15.3. The summed E-state index contributed by atoms with van der Waals surface area (Å²) in [5.74, 6) is -0.0845. The van der Waals surface area contributed by atoms with E-state index in [9.17, 15) is 9.59 Å². The molecule has 0 unspecified atom stereocenters. The van der Waals surface area contributed by atoms with Crippen LogP contribution < -0.4 is 5.56 Å². The molecule has 0 radical (unpaired) electrons. The van der Waals surface area contributed by atoms with Crippen molar-refractivity contribution in [1.29, 1.82) is 0 Å². The Labute approximate surface area is 161 Å². The summed E-state index contributed by atoms with van der Waals surface area (Å²) >= 11 is 1.48. The first-order valence-corrected chi connectivity index (χ1v) is 9.80. The Balaban J connectivity index is 1.60. The molecule has 0 bridgehead atoms. The van der Waals surface area contributed by atoms with Crippen molar-refractivity contribution < 1.29 is 9.53 Å². The van der Waals surface area contributed by atoms with Crippen LogP contribution in [0.15, 0.2) is 47.5 Å². The smallest absolute Gasteiger partial charge is 0.262 e. The Bertz CT molecular complexity index is 1020. The van der Waals surface area contributed by atoms with Gasteiger partial charge in [0.1, 0.15) is 11.4 Å². The van der Waals surface area contributed by atoms with E-state index in [0.29, 0.717) is 23.3 Å². The second-order valence-corrected chi connectivity index (χ2v) is 7.96. The number of aromatic nitrogens is 2. The van der Waals surface area contributed by atoms with Crippen molar-refractivity contribution in [2.45, 2.75) is 32.6 Å². The topological polar surface area (TPSA) is 64.4 Å². The van der Waals surface area contributed by atoms with E-state index in [4.69, 9.17) is 4.74 Å². The summed E-state index contributed by atoms with van der Waals surface area (Å²) in [6, 6.07) is 11.8. The van der Waals surface area contributed by atoms with Crippen LogP contribution in [-0.2, 0) is 16.1 Å². The maximum absolute atomic E-state index is 12.9. The maximum atomic E-state index is 12.9. The number of ether oxygens (including phenoxy) is 1. The number of morpholine rings is 1. The van der Waals surface area contributed by atoms with Gasteiger partial charge in [-0.05, 0) is 25.5 Å². The van der Waals surface area contributed by atoms with E-state index in [1.807, 2.05) is 50.2 Å². The maximum Gasteiger partial charge on any atom is 0.262 e. The zero-order valence-corrected chi connectivity index (χ0v) is 16.1. The van der Waals surface area contributed by atoms with Crippen LogP contribution in [0.2, 0.25) is 0 Å². The van der Waals surface area contributed by atoms with Crippen molar-refractivity contribution in [2.75, 3.05) is 13.1 Å². The molecule has 4 rings (SSSR count). The Morgan fingerprint density at radius 2 is 1.93 bits per heavy atom. The molecule has 1 fully saturated rings. The van der Waals surface area contributed by atoms with Crippen molar-refractivity contribution in [2.24, 2.45) is 0 Å². The van der Waals surface area contributed by atoms with Gasteiger partial charge in [0.15, 0.2) is 0 Å². The van der Waals surface area contributed by atoms with Gasteiger partial charge in [0, 0.05) is 18.0 Å². The third-order valence-electron chi connectivity index (χ3n) is 4.65. The highest BCUT2D eigenvalue weighted by Gasteiger charge is 2.26. The van der Waals surface area contributed by atoms with Gasteiger partial charge in [0.2, 0.25) is 5.91 Å². The van der Waals surface area contributed by atoms with Crippen LogP contribution in [0.25, 0.3) is 20.7 Å². The number of carbonyl (C=O) groups is 1. The van der Waals surface area contributed by atoms with Crippen LogP contribution in [0.1, 0.15) is 13.8 Å². The first kappa shape index (κ1) is 17.9. The summed E-state index contributed by atoms with van der Waals surface area (Å²) in [6.07, 6.45) is 1.47. The highest BCUT2D eigenvalue weighted by Crippen LogP contribution is 2.30. The number of amides is 1. The number of hydrogen-bond donors (Lipinski definition) is 0. The predicted octanol–water partition coefficient (Wildman–Crippen LogP) is 2.76. The van der Waals surface area contributed by atoms with Gasteiger partial charge < -0.3 is 9.64 Å². The number of rotatable bonds is 3. The minimum Gasteiger partial charge on any atom is -0.372 e. The van der Waals surface area contributed by atoms with Gasteiger partial charge in [-0.2, -0.15) is 0 Å². The second kappa shape index (κ2) is 7.25. The quantitative estimate of drug-likeness (QED) is 0.698. The van der Waals surface area contributed by atoms with Crippen molar-refractivity contribution in [3.63, 3.8) is 0 Å². The normalized spacial score (nSPS) is 20.1. The molecule has 27 heavy (non-hydrogen) atoms. The minimum atomic E-state index is -0.180. The van der Waals surface area contributed by atoms with Crippen molar-refractivity contribution >= 4 is 27.5 Å². The van der Waals surface area contributed by atoms with E-state index >= 15 is 0 Å². The number of thiophene rings is 1. The average Bonchev–Trinajstić information content (AvgIpc) is 3.09. The standard InChI is InChI=1S/C20H21N3O3S/c1-13-9-22(10-14(2)26-13)18(24)11-23-12-21-19-16(20(23)25)8-17(27-19)15-6-4-3-5-7-15/h3-8,12-14H,9-11H2,1-2H3/t13-,14-/m1/s1. The van der Waals surface area contributed by atoms with Crippen LogP contribution in [-0.4, -0.2) is 45.7 Å². The summed E-state index contributed by atoms with van der Waals surface area (Å²) in [5.41, 5.74) is 0.875. The lowest BCUT2D eigenvalue weighted by molar-refractivity contribution is -0.143. The Kier molecular flexibility index (Phi) is 4.80. The molecule has 1 saturated heterocycles. The molecule has 2 atom stereocenters. The third-order valence-corrected chi connectivity index (χ3v) is 5.75. The average molecular weight is 383 g/mol. The Morgan fingerprint density at radius 3 is 2.63 bits per heavy atom. The van der Waals surface area contributed by atoms with Gasteiger partial charge in [0.05, 0.1) is 23.9 Å². The van der Waals surface area contributed by atoms with Crippen LogP contribution in [0, 0.1) is 0 Å². The molecule has 0 N–H and O–H groups in total. The second-order valence-electron chi connectivity index (χ2n) is 6.93. The molecule has 1 amide bonds. The van der Waals surface area contributed by atoms with Gasteiger partial charge in [-0.1, -0.05) is 30.3 Å². The van der Waals surface area contributed by atoms with Gasteiger partial charge in [-0.25, -0.2) is 4.98 Å². The minimum absolute atomic E-state index is 0.000307. The fraction of sp³-hybridized carbons (Fsp3) is 0.350. The summed E-state index contributed by atoms with van der Waals surface area (Å²) in [6.45, 7) is 4.99.